The van der Waals surface area contributed by atoms with Gasteiger partial charge in [-0.25, -0.2) is 0 Å². The van der Waals surface area contributed by atoms with Crippen LogP contribution in [0.25, 0.3) is 0 Å². The fourth-order valence-corrected chi connectivity index (χ4v) is 1.99. The third kappa shape index (κ3) is 4.61. The average Bonchev–Trinajstić information content (AvgIpc) is 2.39. The van der Waals surface area contributed by atoms with Gasteiger partial charge in [0.2, 0.25) is 0 Å². The van der Waals surface area contributed by atoms with E-state index in [1.54, 1.807) is 0 Å². The summed E-state index contributed by atoms with van der Waals surface area (Å²) in [5.74, 6) is 5.67. The summed E-state index contributed by atoms with van der Waals surface area (Å²) >= 11 is 0. The molecule has 0 saturated carbocycles. The maximum atomic E-state index is 5.84. The molecular formula is C15H24N2O. The molecule has 100 valence electrons. The zero-order valence-electron chi connectivity index (χ0n) is 11.4. The monoisotopic (exact) mass is 248 g/mol. The Morgan fingerprint density at radius 3 is 2.56 bits per heavy atom. The number of ether oxygens (including phenoxy) is 1. The topological polar surface area (TPSA) is 47.3 Å². The zero-order chi connectivity index (χ0) is 13.4. The molecule has 1 rings (SSSR count). The van der Waals surface area contributed by atoms with Crippen molar-refractivity contribution in [2.75, 3.05) is 6.61 Å². The van der Waals surface area contributed by atoms with Crippen molar-refractivity contribution in [3.63, 3.8) is 0 Å². The number of hydrazine groups is 1. The number of rotatable bonds is 8. The fourth-order valence-electron chi connectivity index (χ4n) is 1.99. The Kier molecular flexibility index (Phi) is 6.65. The molecule has 1 aromatic carbocycles. The van der Waals surface area contributed by atoms with Gasteiger partial charge >= 0.3 is 0 Å². The molecule has 0 bridgehead atoms. The summed E-state index contributed by atoms with van der Waals surface area (Å²) in [4.78, 5) is 0. The molecule has 0 amide bonds. The molecule has 0 aromatic heterocycles. The highest BCUT2D eigenvalue weighted by Crippen LogP contribution is 2.24. The van der Waals surface area contributed by atoms with Crippen molar-refractivity contribution in [1.82, 2.24) is 5.43 Å². The molecule has 0 spiro atoms. The smallest absolute Gasteiger partial charge is 0.0991 e. The van der Waals surface area contributed by atoms with Gasteiger partial charge in [0.25, 0.3) is 0 Å². The minimum Gasteiger partial charge on any atom is -0.372 e. The Morgan fingerprint density at radius 1 is 1.39 bits per heavy atom. The van der Waals surface area contributed by atoms with Crippen LogP contribution in [0.15, 0.2) is 42.5 Å². The molecule has 0 aliphatic heterocycles. The van der Waals surface area contributed by atoms with Gasteiger partial charge in [-0.15, -0.1) is 6.58 Å². The van der Waals surface area contributed by atoms with Crippen molar-refractivity contribution in [3.8, 4) is 0 Å². The molecular weight excluding hydrogens is 224 g/mol. The molecule has 0 aliphatic rings. The lowest BCUT2D eigenvalue weighted by Gasteiger charge is -2.27. The first-order valence-electron chi connectivity index (χ1n) is 6.46. The van der Waals surface area contributed by atoms with E-state index in [4.69, 9.17) is 10.6 Å². The van der Waals surface area contributed by atoms with Crippen LogP contribution in [0.3, 0.4) is 0 Å². The van der Waals surface area contributed by atoms with Crippen LogP contribution in [0.2, 0.25) is 0 Å². The second-order valence-electron chi connectivity index (χ2n) is 4.56. The molecule has 0 fully saturated rings. The van der Waals surface area contributed by atoms with Gasteiger partial charge in [0, 0.05) is 6.61 Å². The Hall–Kier alpha value is -1.16. The molecule has 2 atom stereocenters. The molecule has 0 saturated heterocycles. The van der Waals surface area contributed by atoms with Crippen LogP contribution in [0, 0.1) is 0 Å². The van der Waals surface area contributed by atoms with Crippen LogP contribution in [-0.2, 0) is 4.74 Å². The van der Waals surface area contributed by atoms with Crippen molar-refractivity contribution >= 4 is 0 Å². The number of nitrogens with one attached hydrogen (secondary N) is 1. The van der Waals surface area contributed by atoms with Gasteiger partial charge in [-0.2, -0.15) is 0 Å². The molecule has 2 unspecified atom stereocenters. The van der Waals surface area contributed by atoms with E-state index in [-0.39, 0.29) is 12.1 Å². The highest BCUT2D eigenvalue weighted by atomic mass is 16.5. The number of hydrogen-bond acceptors (Lipinski definition) is 3. The highest BCUT2D eigenvalue weighted by Gasteiger charge is 2.22. The standard InChI is InChI=1S/C15H24N2O/c1-4-18-15(13-8-6-5-7-9-13)14(17-16)11-10-12(2)3/h5-9,14-15,17H,2,4,10-11,16H2,1,3H3. The number of benzene rings is 1. The van der Waals surface area contributed by atoms with Gasteiger partial charge < -0.3 is 4.74 Å². The first kappa shape index (κ1) is 14.9. The molecule has 3 N–H and O–H groups in total. The maximum absolute atomic E-state index is 5.84. The summed E-state index contributed by atoms with van der Waals surface area (Å²) in [6.07, 6.45) is 1.86. The second-order valence-corrected chi connectivity index (χ2v) is 4.56. The van der Waals surface area contributed by atoms with Crippen molar-refractivity contribution < 1.29 is 4.74 Å². The predicted octanol–water partition coefficient (Wildman–Crippen LogP) is 2.95. The van der Waals surface area contributed by atoms with Crippen molar-refractivity contribution in [2.45, 2.75) is 38.8 Å². The lowest BCUT2D eigenvalue weighted by molar-refractivity contribution is 0.0309. The van der Waals surface area contributed by atoms with Crippen LogP contribution in [0.1, 0.15) is 38.4 Å². The van der Waals surface area contributed by atoms with Gasteiger partial charge in [-0.1, -0.05) is 35.9 Å². The van der Waals surface area contributed by atoms with Crippen molar-refractivity contribution in [1.29, 1.82) is 0 Å². The van der Waals surface area contributed by atoms with E-state index in [1.807, 2.05) is 32.0 Å². The Bertz CT molecular complexity index is 351. The van der Waals surface area contributed by atoms with E-state index in [2.05, 4.69) is 24.1 Å². The number of allylic oxidation sites excluding steroid dienone is 1. The van der Waals surface area contributed by atoms with Gasteiger partial charge in [-0.05, 0) is 32.3 Å². The van der Waals surface area contributed by atoms with E-state index in [1.165, 1.54) is 5.57 Å². The quantitative estimate of drug-likeness (QED) is 0.422. The molecule has 3 nitrogen and oxygen atoms in total. The average molecular weight is 248 g/mol. The molecule has 1 aromatic rings. The SMILES string of the molecule is C=C(C)CCC(NN)C(OCC)c1ccccc1. The van der Waals surface area contributed by atoms with E-state index in [0.29, 0.717) is 6.61 Å². The van der Waals surface area contributed by atoms with Crippen molar-refractivity contribution in [3.05, 3.63) is 48.0 Å². The summed E-state index contributed by atoms with van der Waals surface area (Å²) < 4.78 is 5.84. The van der Waals surface area contributed by atoms with Crippen LogP contribution in [-0.4, -0.2) is 12.6 Å². The fraction of sp³-hybridized carbons (Fsp3) is 0.467. The highest BCUT2D eigenvalue weighted by molar-refractivity contribution is 5.19. The summed E-state index contributed by atoms with van der Waals surface area (Å²) in [7, 11) is 0. The number of nitrogens with two attached hydrogens (primary N) is 1. The van der Waals surface area contributed by atoms with Crippen molar-refractivity contribution in [2.24, 2.45) is 5.84 Å². The summed E-state index contributed by atoms with van der Waals surface area (Å²) in [5.41, 5.74) is 5.20. The van der Waals surface area contributed by atoms with E-state index < -0.39 is 0 Å². The maximum Gasteiger partial charge on any atom is 0.0991 e. The molecule has 0 heterocycles. The zero-order valence-corrected chi connectivity index (χ0v) is 11.4. The summed E-state index contributed by atoms with van der Waals surface area (Å²) in [6, 6.07) is 10.3. The van der Waals surface area contributed by atoms with Crippen LogP contribution >= 0.6 is 0 Å². The largest absolute Gasteiger partial charge is 0.372 e. The van der Waals surface area contributed by atoms with Crippen LogP contribution in [0.5, 0.6) is 0 Å². The van der Waals surface area contributed by atoms with Gasteiger partial charge in [0.05, 0.1) is 12.1 Å². The minimum atomic E-state index is -0.0134. The second kappa shape index (κ2) is 8.03. The predicted molar refractivity (Wildman–Crippen MR) is 76.0 cm³/mol. The van der Waals surface area contributed by atoms with Crippen LogP contribution in [0.4, 0.5) is 0 Å². The molecule has 18 heavy (non-hydrogen) atoms. The molecule has 0 aliphatic carbocycles. The lowest BCUT2D eigenvalue weighted by Crippen LogP contribution is -2.40. The normalized spacial score (nSPS) is 14.2. The van der Waals surface area contributed by atoms with E-state index in [0.717, 1.165) is 18.4 Å². The minimum absolute atomic E-state index is 0.0134. The van der Waals surface area contributed by atoms with Gasteiger partial charge in [-0.3, -0.25) is 11.3 Å². The molecule has 0 radical (unpaired) electrons. The first-order chi connectivity index (χ1) is 8.69. The number of hydrogen-bond donors (Lipinski definition) is 2. The third-order valence-corrected chi connectivity index (χ3v) is 2.94. The van der Waals surface area contributed by atoms with E-state index >= 15 is 0 Å². The van der Waals surface area contributed by atoms with Gasteiger partial charge in [0.1, 0.15) is 0 Å². The summed E-state index contributed by atoms with van der Waals surface area (Å²) in [6.45, 7) is 8.64. The van der Waals surface area contributed by atoms with Crippen LogP contribution < -0.4 is 11.3 Å². The van der Waals surface area contributed by atoms with Gasteiger partial charge in [0.15, 0.2) is 0 Å². The lowest BCUT2D eigenvalue weighted by atomic mass is 9.97. The Labute approximate surface area is 110 Å². The Balaban J connectivity index is 2.78. The Morgan fingerprint density at radius 2 is 2.06 bits per heavy atom. The third-order valence-electron chi connectivity index (χ3n) is 2.94. The first-order valence-corrected chi connectivity index (χ1v) is 6.46. The van der Waals surface area contributed by atoms with E-state index in [9.17, 15) is 0 Å². The summed E-state index contributed by atoms with van der Waals surface area (Å²) in [5, 5.41) is 0. The molecule has 3 heteroatoms.